The van der Waals surface area contributed by atoms with Crippen LogP contribution in [0.15, 0.2) is 11.4 Å². The van der Waals surface area contributed by atoms with Crippen LogP contribution in [0.5, 0.6) is 0 Å². The molecule has 3 heteroatoms. The number of hydrogen-bond acceptors (Lipinski definition) is 2. The second-order valence-corrected chi connectivity index (χ2v) is 5.96. The number of halogens is 1. The molecule has 0 aliphatic heterocycles. The molecule has 1 heterocycles. The minimum atomic E-state index is -0.347. The molecule has 1 aliphatic carbocycles. The number of aliphatic hydroxyl groups excluding tert-OH is 1. The minimum absolute atomic E-state index is 0.347. The summed E-state index contributed by atoms with van der Waals surface area (Å²) in [5, 5.41) is 12.9. The van der Waals surface area contributed by atoms with Gasteiger partial charge in [-0.15, -0.1) is 11.3 Å². The highest BCUT2D eigenvalue weighted by Crippen LogP contribution is 2.40. The summed E-state index contributed by atoms with van der Waals surface area (Å²) < 4.78 is 0. The van der Waals surface area contributed by atoms with Crippen LogP contribution in [-0.2, 0) is 0 Å². The molecule has 0 bridgehead atoms. The summed E-state index contributed by atoms with van der Waals surface area (Å²) in [5.41, 5.74) is 0. The second-order valence-electron chi connectivity index (χ2n) is 4.61. The maximum Gasteiger partial charge on any atom is 0.0925 e. The van der Waals surface area contributed by atoms with Gasteiger partial charge in [0.25, 0.3) is 0 Å². The Morgan fingerprint density at radius 3 is 2.93 bits per heavy atom. The van der Waals surface area contributed by atoms with E-state index in [9.17, 15) is 5.11 Å². The lowest BCUT2D eigenvalue weighted by molar-refractivity contribution is 0.0743. The average molecular weight is 245 g/mol. The monoisotopic (exact) mass is 244 g/mol. The van der Waals surface area contributed by atoms with E-state index >= 15 is 0 Å². The van der Waals surface area contributed by atoms with Crippen molar-refractivity contribution >= 4 is 22.9 Å². The summed E-state index contributed by atoms with van der Waals surface area (Å²) >= 11 is 7.61. The van der Waals surface area contributed by atoms with Gasteiger partial charge in [-0.1, -0.05) is 31.4 Å². The average Bonchev–Trinajstić information content (AvgIpc) is 2.63. The summed E-state index contributed by atoms with van der Waals surface area (Å²) in [5.74, 6) is 1.15. The zero-order valence-corrected chi connectivity index (χ0v) is 10.5. The fourth-order valence-corrected chi connectivity index (χ4v) is 3.74. The molecule has 15 heavy (non-hydrogen) atoms. The molecule has 1 N–H and O–H groups in total. The fraction of sp³-hybridized carbons (Fsp3) is 0.667. The highest BCUT2D eigenvalue weighted by Gasteiger charge is 2.28. The van der Waals surface area contributed by atoms with E-state index in [1.54, 1.807) is 11.3 Å². The van der Waals surface area contributed by atoms with Gasteiger partial charge in [0.15, 0.2) is 0 Å². The quantitative estimate of drug-likeness (QED) is 0.824. The molecule has 3 atom stereocenters. The lowest BCUT2D eigenvalue weighted by Crippen LogP contribution is -2.19. The molecule has 0 amide bonds. The van der Waals surface area contributed by atoms with Gasteiger partial charge in [0, 0.05) is 0 Å². The van der Waals surface area contributed by atoms with Crippen LogP contribution in [0, 0.1) is 11.8 Å². The Balaban J connectivity index is 2.07. The topological polar surface area (TPSA) is 20.2 Å². The summed E-state index contributed by atoms with van der Waals surface area (Å²) in [6.07, 6.45) is 4.47. The van der Waals surface area contributed by atoms with Crippen LogP contribution in [0.1, 0.15) is 43.6 Å². The summed E-state index contributed by atoms with van der Waals surface area (Å²) in [6, 6.07) is 1.87. The van der Waals surface area contributed by atoms with Crippen molar-refractivity contribution in [3.8, 4) is 0 Å². The Labute approximate surface area is 100 Å². The van der Waals surface area contributed by atoms with E-state index in [1.165, 1.54) is 12.8 Å². The van der Waals surface area contributed by atoms with Gasteiger partial charge in [-0.3, -0.25) is 0 Å². The Morgan fingerprint density at radius 1 is 1.53 bits per heavy atom. The molecule has 1 fully saturated rings. The molecule has 84 valence electrons. The summed E-state index contributed by atoms with van der Waals surface area (Å²) in [6.45, 7) is 2.27. The Kier molecular flexibility index (Phi) is 3.70. The van der Waals surface area contributed by atoms with Crippen molar-refractivity contribution in [1.29, 1.82) is 0 Å². The van der Waals surface area contributed by atoms with E-state index in [2.05, 4.69) is 6.92 Å². The van der Waals surface area contributed by atoms with Crippen LogP contribution in [0.25, 0.3) is 0 Å². The fourth-order valence-electron chi connectivity index (χ4n) is 2.50. The first-order valence-electron chi connectivity index (χ1n) is 5.59. The van der Waals surface area contributed by atoms with Crippen LogP contribution in [-0.4, -0.2) is 5.11 Å². The molecule has 2 rings (SSSR count). The highest BCUT2D eigenvalue weighted by molar-refractivity contribution is 7.10. The molecule has 1 saturated carbocycles. The Bertz CT molecular complexity index is 323. The SMILES string of the molecule is CC1CCCC(C(O)c2sccc2Cl)C1. The van der Waals surface area contributed by atoms with Gasteiger partial charge in [0.05, 0.1) is 16.0 Å². The molecule has 1 nitrogen and oxygen atoms in total. The minimum Gasteiger partial charge on any atom is -0.387 e. The number of hydrogen-bond donors (Lipinski definition) is 1. The first-order chi connectivity index (χ1) is 7.18. The van der Waals surface area contributed by atoms with Crippen LogP contribution >= 0.6 is 22.9 Å². The van der Waals surface area contributed by atoms with Crippen LogP contribution < -0.4 is 0 Å². The van der Waals surface area contributed by atoms with Gasteiger partial charge in [-0.25, -0.2) is 0 Å². The molecular formula is C12H17ClOS. The van der Waals surface area contributed by atoms with E-state index in [1.807, 2.05) is 11.4 Å². The molecule has 0 spiro atoms. The van der Waals surface area contributed by atoms with Crippen molar-refractivity contribution in [2.24, 2.45) is 11.8 Å². The van der Waals surface area contributed by atoms with Crippen molar-refractivity contribution in [2.75, 3.05) is 0 Å². The van der Waals surface area contributed by atoms with Gasteiger partial charge in [0.2, 0.25) is 0 Å². The zero-order chi connectivity index (χ0) is 10.8. The largest absolute Gasteiger partial charge is 0.387 e. The predicted octanol–water partition coefficient (Wildman–Crippen LogP) is 4.26. The third kappa shape index (κ3) is 2.55. The van der Waals surface area contributed by atoms with Crippen LogP contribution in [0.4, 0.5) is 0 Å². The van der Waals surface area contributed by atoms with E-state index in [0.717, 1.165) is 28.7 Å². The van der Waals surface area contributed by atoms with E-state index in [0.29, 0.717) is 5.92 Å². The first kappa shape index (κ1) is 11.4. The molecule has 1 aromatic rings. The van der Waals surface area contributed by atoms with Crippen molar-refractivity contribution < 1.29 is 5.11 Å². The Hall–Kier alpha value is -0.0500. The third-order valence-electron chi connectivity index (χ3n) is 3.34. The van der Waals surface area contributed by atoms with Crippen molar-refractivity contribution in [3.05, 3.63) is 21.3 Å². The Morgan fingerprint density at radius 2 is 2.33 bits per heavy atom. The molecule has 0 radical (unpaired) electrons. The number of rotatable bonds is 2. The summed E-state index contributed by atoms with van der Waals surface area (Å²) in [4.78, 5) is 0.954. The third-order valence-corrected chi connectivity index (χ3v) is 4.77. The van der Waals surface area contributed by atoms with Crippen molar-refractivity contribution in [1.82, 2.24) is 0 Å². The highest BCUT2D eigenvalue weighted by atomic mass is 35.5. The maximum absolute atomic E-state index is 10.3. The van der Waals surface area contributed by atoms with Crippen molar-refractivity contribution in [3.63, 3.8) is 0 Å². The molecule has 0 aromatic carbocycles. The number of thiophene rings is 1. The van der Waals surface area contributed by atoms with Crippen molar-refractivity contribution in [2.45, 2.75) is 38.7 Å². The molecule has 1 aliphatic rings. The lowest BCUT2D eigenvalue weighted by Gasteiger charge is -2.30. The molecule has 0 saturated heterocycles. The van der Waals surface area contributed by atoms with Gasteiger partial charge >= 0.3 is 0 Å². The summed E-state index contributed by atoms with van der Waals surface area (Å²) in [7, 11) is 0. The molecule has 3 unspecified atom stereocenters. The second kappa shape index (κ2) is 4.86. The first-order valence-corrected chi connectivity index (χ1v) is 6.85. The van der Waals surface area contributed by atoms with E-state index in [4.69, 9.17) is 11.6 Å². The maximum atomic E-state index is 10.3. The van der Waals surface area contributed by atoms with Gasteiger partial charge < -0.3 is 5.11 Å². The molecule has 1 aromatic heterocycles. The van der Waals surface area contributed by atoms with Crippen LogP contribution in [0.2, 0.25) is 5.02 Å². The van der Waals surface area contributed by atoms with E-state index < -0.39 is 0 Å². The zero-order valence-electron chi connectivity index (χ0n) is 8.95. The standard InChI is InChI=1S/C12H17ClOS/c1-8-3-2-4-9(7-8)11(14)12-10(13)5-6-15-12/h5-6,8-9,11,14H,2-4,7H2,1H3. The smallest absolute Gasteiger partial charge is 0.0925 e. The van der Waals surface area contributed by atoms with Gasteiger partial charge in [-0.2, -0.15) is 0 Å². The normalized spacial score (nSPS) is 29.0. The lowest BCUT2D eigenvalue weighted by atomic mass is 9.79. The van der Waals surface area contributed by atoms with Gasteiger partial charge in [0.1, 0.15) is 0 Å². The number of aliphatic hydroxyl groups is 1. The van der Waals surface area contributed by atoms with Gasteiger partial charge in [-0.05, 0) is 36.1 Å². The molecular weight excluding hydrogens is 228 g/mol. The van der Waals surface area contributed by atoms with E-state index in [-0.39, 0.29) is 6.10 Å². The predicted molar refractivity (Wildman–Crippen MR) is 65.4 cm³/mol. The van der Waals surface area contributed by atoms with Crippen LogP contribution in [0.3, 0.4) is 0 Å².